The van der Waals surface area contributed by atoms with Crippen LogP contribution in [0.25, 0.3) is 11.2 Å². The first-order chi connectivity index (χ1) is 19.8. The van der Waals surface area contributed by atoms with Crippen LogP contribution >= 0.6 is 14.5 Å². The largest absolute Gasteiger partial charge is 0.780 e. The normalized spacial score (nSPS) is 37.5. The molecule has 18 nitrogen and oxygen atoms in total. The van der Waals surface area contributed by atoms with Crippen LogP contribution in [-0.2, 0) is 43.9 Å². The van der Waals surface area contributed by atoms with E-state index in [1.54, 1.807) is 0 Å². The van der Waals surface area contributed by atoms with Gasteiger partial charge in [-0.3, -0.25) is 23.5 Å². The van der Waals surface area contributed by atoms with Crippen LogP contribution in [-0.4, -0.2) is 79.0 Å². The summed E-state index contributed by atoms with van der Waals surface area (Å²) in [6.07, 6.45) is -11.8. The van der Waals surface area contributed by atoms with Gasteiger partial charge in [0.1, 0.15) is 43.0 Å². The highest BCUT2D eigenvalue weighted by Crippen LogP contribution is 2.51. The maximum absolute atomic E-state index is 15.6. The molecule has 10 atom stereocenters. The van der Waals surface area contributed by atoms with Gasteiger partial charge < -0.3 is 43.1 Å². The Bertz CT molecular complexity index is 1730. The molecule has 3 aliphatic rings. The highest BCUT2D eigenvalue weighted by atomic mass is 32.5. The lowest BCUT2D eigenvalue weighted by atomic mass is 10.1. The first-order valence-electron chi connectivity index (χ1n) is 11.9. The van der Waals surface area contributed by atoms with Crippen molar-refractivity contribution in [3.63, 3.8) is 0 Å². The van der Waals surface area contributed by atoms with Crippen molar-refractivity contribution in [3.05, 3.63) is 60.6 Å². The summed E-state index contributed by atoms with van der Waals surface area (Å²) in [5.74, 6) is -0.0187. The van der Waals surface area contributed by atoms with Crippen molar-refractivity contribution in [1.29, 1.82) is 0 Å². The number of rotatable bonds is 2. The Morgan fingerprint density at radius 2 is 1.68 bits per heavy atom. The molecule has 0 saturated carbocycles. The van der Waals surface area contributed by atoms with Gasteiger partial charge in [-0.2, -0.15) is 0 Å². The van der Waals surface area contributed by atoms with E-state index in [1.165, 1.54) is 0 Å². The number of nitrogens with two attached hydrogens (primary N) is 1. The van der Waals surface area contributed by atoms with Crippen LogP contribution in [0.15, 0.2) is 34.5 Å². The van der Waals surface area contributed by atoms with Crippen LogP contribution in [0.1, 0.15) is 12.5 Å². The minimum atomic E-state index is -5.43. The van der Waals surface area contributed by atoms with Gasteiger partial charge in [0.25, 0.3) is 13.4 Å². The number of nitrogen functional groups attached to an aromatic ring is 1. The fourth-order valence-corrected chi connectivity index (χ4v) is 7.05. The average molecular weight is 683 g/mol. The molecule has 0 aromatic carbocycles. The SMILES string of the molecule is Nc1ncnc2c1ncn2[C@@H]1O[C@@H]2COP([O-])(=S)O[C@H]3[C@@H](F)[C@H](n4ccc(=O)[nH]c4=O)O[C@@H]3COP(=O)([O-])O[C@@H]1[C@@H]2F.[CH3+].[CH3+]. The zero-order valence-corrected chi connectivity index (χ0v) is 25.3. The van der Waals surface area contributed by atoms with Gasteiger partial charge >= 0.3 is 5.69 Å². The number of imidazole rings is 1. The molecule has 0 radical (unpaired) electrons. The summed E-state index contributed by atoms with van der Waals surface area (Å²) in [5.41, 5.74) is 4.11. The minimum absolute atomic E-state index is 0. The van der Waals surface area contributed by atoms with Crippen LogP contribution in [0, 0.1) is 14.9 Å². The van der Waals surface area contributed by atoms with Crippen molar-refractivity contribution >= 4 is 43.3 Å². The summed E-state index contributed by atoms with van der Waals surface area (Å²) < 4.78 is 77.2. The number of halogens is 2. The van der Waals surface area contributed by atoms with Gasteiger partial charge in [0.05, 0.1) is 19.5 Å². The fourth-order valence-electron chi connectivity index (χ4n) is 4.72. The van der Waals surface area contributed by atoms with Crippen molar-refractivity contribution in [2.24, 2.45) is 0 Å². The lowest BCUT2D eigenvalue weighted by Gasteiger charge is -2.34. The van der Waals surface area contributed by atoms with Crippen LogP contribution in [0.2, 0.25) is 0 Å². The Morgan fingerprint density at radius 3 is 2.41 bits per heavy atom. The highest BCUT2D eigenvalue weighted by Gasteiger charge is 2.52. The number of phosphoric acid groups is 1. The Labute approximate surface area is 251 Å². The quantitative estimate of drug-likeness (QED) is 0.248. The van der Waals surface area contributed by atoms with Gasteiger partial charge in [-0.1, -0.05) is 11.8 Å². The molecule has 44 heavy (non-hydrogen) atoms. The molecule has 2 bridgehead atoms. The second-order valence-corrected chi connectivity index (χ2v) is 13.3. The first-order valence-corrected chi connectivity index (χ1v) is 16.0. The van der Waals surface area contributed by atoms with E-state index in [1.807, 2.05) is 4.98 Å². The van der Waals surface area contributed by atoms with E-state index in [9.17, 15) is 23.9 Å². The molecule has 3 N–H and O–H groups in total. The van der Waals surface area contributed by atoms with Gasteiger partial charge in [0.15, 0.2) is 36.3 Å². The lowest BCUT2D eigenvalue weighted by molar-refractivity contribution is -0.237. The Balaban J connectivity index is 0.00000221. The van der Waals surface area contributed by atoms with E-state index >= 15 is 8.78 Å². The molecular formula is C21H25F2N7O11P2S. The number of ether oxygens (including phenoxy) is 2. The van der Waals surface area contributed by atoms with Crippen molar-refractivity contribution in [2.75, 3.05) is 18.9 Å². The average Bonchev–Trinajstić information content (AvgIpc) is 3.57. The molecule has 6 heterocycles. The van der Waals surface area contributed by atoms with Crippen LogP contribution < -0.4 is 26.8 Å². The van der Waals surface area contributed by atoms with Gasteiger partial charge in [0.2, 0.25) is 0 Å². The van der Waals surface area contributed by atoms with Crippen LogP contribution in [0.4, 0.5) is 14.6 Å². The number of fused-ring (bicyclic) bond motifs is 4. The number of alkyl halides is 2. The molecule has 3 aromatic rings. The third-order valence-corrected chi connectivity index (χ3v) is 9.12. The lowest BCUT2D eigenvalue weighted by Crippen LogP contribution is -2.37. The fraction of sp³-hybridized carbons (Fsp3) is 0.476. The molecule has 2 unspecified atom stereocenters. The summed E-state index contributed by atoms with van der Waals surface area (Å²) >= 11 is 4.88. The number of phosphoric ester groups is 1. The van der Waals surface area contributed by atoms with Crippen molar-refractivity contribution in [1.82, 2.24) is 29.1 Å². The van der Waals surface area contributed by atoms with Crippen LogP contribution in [0.5, 0.6) is 0 Å². The maximum atomic E-state index is 15.6. The number of anilines is 1. The second kappa shape index (κ2) is 12.5. The van der Waals surface area contributed by atoms with Crippen molar-refractivity contribution < 1.29 is 50.7 Å². The third-order valence-electron chi connectivity index (χ3n) is 6.61. The third kappa shape index (κ3) is 6.31. The standard InChI is InChI=1S/C19H21F2N7O11P2S.2CH3/c20-10-7-3-35-41(33,42)39-13-8(37-17(11(13)21)27-2-1-9(29)26-19(27)30)4-34-40(31,32)38-14(10)18(36-7)28-6-25-12-15(22)23-5-24-16(12)28;;/h1-2,5-8,10-11,13-14,17-18H,3-4H2,(H,31,32)(H,33,42)(H2,22,23,24)(H,26,29,30);2*1H3/q;2*+1/p-2/t7-,8-,10-,11-,13-,14-,17-,18-,41?;;/m1../s1. The summed E-state index contributed by atoms with van der Waals surface area (Å²) in [4.78, 5) is 63.3. The topological polar surface area (TPSA) is 243 Å². The summed E-state index contributed by atoms with van der Waals surface area (Å²) in [5, 5.41) is 0. The minimum Gasteiger partial charge on any atom is -0.780 e. The van der Waals surface area contributed by atoms with Gasteiger partial charge in [-0.25, -0.2) is 28.5 Å². The molecule has 3 fully saturated rings. The number of hydrogen-bond acceptors (Lipinski definition) is 16. The number of aromatic amines is 1. The van der Waals surface area contributed by atoms with E-state index in [4.69, 9.17) is 45.1 Å². The molecule has 23 heteroatoms. The molecule has 3 saturated heterocycles. The maximum Gasteiger partial charge on any atom is 0.330 e. The van der Waals surface area contributed by atoms with E-state index < -0.39 is 88.2 Å². The van der Waals surface area contributed by atoms with Crippen LogP contribution in [0.3, 0.4) is 0 Å². The smallest absolute Gasteiger partial charge is 0.330 e. The van der Waals surface area contributed by atoms with Gasteiger partial charge in [0, 0.05) is 27.1 Å². The number of nitrogens with one attached hydrogen (secondary N) is 1. The van der Waals surface area contributed by atoms with Gasteiger partial charge in [-0.15, -0.1) is 0 Å². The monoisotopic (exact) mass is 683 g/mol. The number of H-pyrrole nitrogens is 1. The molecular weight excluding hydrogens is 658 g/mol. The second-order valence-electron chi connectivity index (χ2n) is 9.25. The highest BCUT2D eigenvalue weighted by molar-refractivity contribution is 8.06. The summed E-state index contributed by atoms with van der Waals surface area (Å²) in [6, 6.07) is 0.910. The van der Waals surface area contributed by atoms with E-state index in [-0.39, 0.29) is 31.8 Å². The van der Waals surface area contributed by atoms with E-state index in [0.717, 1.165) is 29.5 Å². The molecule has 240 valence electrons. The van der Waals surface area contributed by atoms with Crippen molar-refractivity contribution in [2.45, 2.75) is 49.2 Å². The van der Waals surface area contributed by atoms with Crippen molar-refractivity contribution in [3.8, 4) is 0 Å². The molecule has 0 aliphatic carbocycles. The predicted octanol–water partition coefficient (Wildman–Crippen LogP) is -0.799. The first kappa shape index (κ1) is 34.1. The molecule has 3 aromatic heterocycles. The zero-order valence-electron chi connectivity index (χ0n) is 22.7. The summed E-state index contributed by atoms with van der Waals surface area (Å²) in [7, 11) is -5.43. The van der Waals surface area contributed by atoms with E-state index in [2.05, 4.69) is 15.0 Å². The summed E-state index contributed by atoms with van der Waals surface area (Å²) in [6.45, 7) is -6.49. The van der Waals surface area contributed by atoms with Gasteiger partial charge in [-0.05, 0) is 0 Å². The molecule has 0 amide bonds. The Morgan fingerprint density at radius 1 is 0.977 bits per heavy atom. The van der Waals surface area contributed by atoms with E-state index in [0.29, 0.717) is 4.57 Å². The molecule has 0 spiro atoms. The zero-order chi connectivity index (χ0) is 30.0. The predicted molar refractivity (Wildman–Crippen MR) is 145 cm³/mol. The molecule has 6 rings (SSSR count). The number of aromatic nitrogens is 6. The Hall–Kier alpha value is -2.81. The molecule has 3 aliphatic heterocycles. The number of hydrogen-bond donors (Lipinski definition) is 2. The number of nitrogens with zero attached hydrogens (tertiary/aromatic N) is 5. The Kier molecular flexibility index (Phi) is 9.70.